The number of rotatable bonds is 4. The number of carbonyl (C=O) groups is 1. The Morgan fingerprint density at radius 3 is 2.67 bits per heavy atom. The molecule has 0 spiro atoms. The third-order valence-corrected chi connectivity index (χ3v) is 4.35. The van der Waals surface area contributed by atoms with E-state index in [0.29, 0.717) is 5.92 Å². The van der Waals surface area contributed by atoms with Crippen LogP contribution in [0.3, 0.4) is 0 Å². The largest absolute Gasteiger partial charge is 0.354 e. The van der Waals surface area contributed by atoms with E-state index in [9.17, 15) is 4.79 Å². The van der Waals surface area contributed by atoms with Crippen molar-refractivity contribution in [2.24, 2.45) is 5.92 Å². The molecule has 0 aromatic heterocycles. The number of piperidine rings is 2. The van der Waals surface area contributed by atoms with E-state index in [0.717, 1.165) is 26.1 Å². The Bertz CT molecular complexity index is 256. The van der Waals surface area contributed by atoms with Crippen LogP contribution in [0.4, 0.5) is 0 Å². The molecule has 1 atom stereocenters. The number of hydrogen-bond acceptors (Lipinski definition) is 3. The number of nitrogens with zero attached hydrogens (tertiary/aromatic N) is 1. The summed E-state index contributed by atoms with van der Waals surface area (Å²) in [5, 5.41) is 6.44. The summed E-state index contributed by atoms with van der Waals surface area (Å²) in [6, 6.07) is 0.0643. The minimum absolute atomic E-state index is 0.0643. The van der Waals surface area contributed by atoms with E-state index in [4.69, 9.17) is 0 Å². The zero-order chi connectivity index (χ0) is 12.8. The lowest BCUT2D eigenvalue weighted by atomic mass is 9.96. The average molecular weight is 253 g/mol. The summed E-state index contributed by atoms with van der Waals surface area (Å²) in [4.78, 5) is 14.5. The highest BCUT2D eigenvalue weighted by Crippen LogP contribution is 2.16. The summed E-state index contributed by atoms with van der Waals surface area (Å²) >= 11 is 0. The number of hydrogen-bond donors (Lipinski definition) is 2. The van der Waals surface area contributed by atoms with Gasteiger partial charge in [0, 0.05) is 6.54 Å². The number of amides is 1. The molecule has 2 fully saturated rings. The molecule has 2 aliphatic rings. The van der Waals surface area contributed by atoms with Crippen molar-refractivity contribution in [1.82, 2.24) is 15.5 Å². The Morgan fingerprint density at radius 1 is 1.28 bits per heavy atom. The van der Waals surface area contributed by atoms with E-state index in [2.05, 4.69) is 22.5 Å². The molecule has 2 saturated heterocycles. The maximum Gasteiger partial charge on any atom is 0.237 e. The quantitative estimate of drug-likeness (QED) is 0.785. The van der Waals surface area contributed by atoms with Crippen LogP contribution in [-0.2, 0) is 4.79 Å². The topological polar surface area (TPSA) is 44.4 Å². The summed E-state index contributed by atoms with van der Waals surface area (Å²) in [6.07, 6.45) is 5.85. The molecule has 18 heavy (non-hydrogen) atoms. The van der Waals surface area contributed by atoms with E-state index >= 15 is 0 Å². The van der Waals surface area contributed by atoms with Gasteiger partial charge in [0.1, 0.15) is 0 Å². The minimum Gasteiger partial charge on any atom is -0.354 e. The van der Waals surface area contributed by atoms with Gasteiger partial charge in [-0.15, -0.1) is 0 Å². The summed E-state index contributed by atoms with van der Waals surface area (Å²) in [5.41, 5.74) is 0. The van der Waals surface area contributed by atoms with Gasteiger partial charge in [0.25, 0.3) is 0 Å². The van der Waals surface area contributed by atoms with Gasteiger partial charge in [0.2, 0.25) is 5.91 Å². The molecule has 104 valence electrons. The van der Waals surface area contributed by atoms with Gasteiger partial charge in [-0.2, -0.15) is 0 Å². The lowest BCUT2D eigenvalue weighted by Gasteiger charge is -2.31. The zero-order valence-electron chi connectivity index (χ0n) is 11.6. The Morgan fingerprint density at radius 2 is 2.06 bits per heavy atom. The first kappa shape index (κ1) is 13.8. The third kappa shape index (κ3) is 3.95. The van der Waals surface area contributed by atoms with Crippen LogP contribution in [0.25, 0.3) is 0 Å². The molecule has 4 nitrogen and oxygen atoms in total. The van der Waals surface area contributed by atoms with Gasteiger partial charge in [0.15, 0.2) is 0 Å². The molecule has 2 N–H and O–H groups in total. The second-order valence-electron chi connectivity index (χ2n) is 5.63. The molecular weight excluding hydrogens is 226 g/mol. The van der Waals surface area contributed by atoms with Gasteiger partial charge in [-0.25, -0.2) is 0 Å². The SMILES string of the molecule is CCN1CCC(CNC(=O)[C@@H]2CCCCN2)CC1. The number of likely N-dealkylation sites (tertiary alicyclic amines) is 1. The smallest absolute Gasteiger partial charge is 0.237 e. The Labute approximate surface area is 110 Å². The Hall–Kier alpha value is -0.610. The van der Waals surface area contributed by atoms with E-state index in [1.807, 2.05) is 0 Å². The van der Waals surface area contributed by atoms with Crippen LogP contribution in [0, 0.1) is 5.92 Å². The molecule has 0 unspecified atom stereocenters. The Kier molecular flexibility index (Phi) is 5.45. The highest BCUT2D eigenvalue weighted by Gasteiger charge is 2.22. The van der Waals surface area contributed by atoms with Crippen LogP contribution in [0.1, 0.15) is 39.0 Å². The molecular formula is C14H27N3O. The van der Waals surface area contributed by atoms with E-state index < -0.39 is 0 Å². The summed E-state index contributed by atoms with van der Waals surface area (Å²) in [6.45, 7) is 7.63. The number of carbonyl (C=O) groups excluding carboxylic acids is 1. The summed E-state index contributed by atoms with van der Waals surface area (Å²) in [5.74, 6) is 0.896. The van der Waals surface area contributed by atoms with Crippen molar-refractivity contribution in [1.29, 1.82) is 0 Å². The maximum absolute atomic E-state index is 12.0. The monoisotopic (exact) mass is 253 g/mol. The standard InChI is InChI=1S/C14H27N3O/c1-2-17-9-6-12(7-10-17)11-16-14(18)13-5-3-4-8-15-13/h12-13,15H,2-11H2,1H3,(H,16,18)/t13-/m0/s1. The summed E-state index contributed by atoms with van der Waals surface area (Å²) < 4.78 is 0. The van der Waals surface area contributed by atoms with Crippen LogP contribution in [0.5, 0.6) is 0 Å². The van der Waals surface area contributed by atoms with E-state index in [1.54, 1.807) is 0 Å². The third-order valence-electron chi connectivity index (χ3n) is 4.35. The van der Waals surface area contributed by atoms with Gasteiger partial charge in [-0.3, -0.25) is 4.79 Å². The van der Waals surface area contributed by atoms with Crippen molar-refractivity contribution in [3.63, 3.8) is 0 Å². The second-order valence-corrected chi connectivity index (χ2v) is 5.63. The van der Waals surface area contributed by atoms with E-state index in [-0.39, 0.29) is 11.9 Å². The lowest BCUT2D eigenvalue weighted by molar-refractivity contribution is -0.123. The fraction of sp³-hybridized carbons (Fsp3) is 0.929. The van der Waals surface area contributed by atoms with Crippen molar-refractivity contribution in [3.05, 3.63) is 0 Å². The van der Waals surface area contributed by atoms with Gasteiger partial charge >= 0.3 is 0 Å². The van der Waals surface area contributed by atoms with Crippen molar-refractivity contribution in [2.45, 2.75) is 45.1 Å². The molecule has 4 heteroatoms. The predicted octanol–water partition coefficient (Wildman–Crippen LogP) is 0.977. The van der Waals surface area contributed by atoms with Crippen LogP contribution >= 0.6 is 0 Å². The first-order chi connectivity index (χ1) is 8.79. The first-order valence-electron chi connectivity index (χ1n) is 7.53. The van der Waals surface area contributed by atoms with Crippen LogP contribution in [-0.4, -0.2) is 49.6 Å². The first-order valence-corrected chi connectivity index (χ1v) is 7.53. The minimum atomic E-state index is 0.0643. The molecule has 0 saturated carbocycles. The highest BCUT2D eigenvalue weighted by molar-refractivity contribution is 5.81. The van der Waals surface area contributed by atoms with Crippen molar-refractivity contribution < 1.29 is 4.79 Å². The van der Waals surface area contributed by atoms with Crippen molar-refractivity contribution in [2.75, 3.05) is 32.7 Å². The zero-order valence-corrected chi connectivity index (χ0v) is 11.6. The van der Waals surface area contributed by atoms with E-state index in [1.165, 1.54) is 38.8 Å². The van der Waals surface area contributed by atoms with Gasteiger partial charge in [-0.1, -0.05) is 13.3 Å². The fourth-order valence-electron chi connectivity index (χ4n) is 2.95. The van der Waals surface area contributed by atoms with Crippen LogP contribution < -0.4 is 10.6 Å². The fourth-order valence-corrected chi connectivity index (χ4v) is 2.95. The van der Waals surface area contributed by atoms with Crippen LogP contribution in [0.2, 0.25) is 0 Å². The lowest BCUT2D eigenvalue weighted by Crippen LogP contribution is -2.48. The highest BCUT2D eigenvalue weighted by atomic mass is 16.2. The molecule has 0 aliphatic carbocycles. The Balaban J connectivity index is 1.63. The van der Waals surface area contributed by atoms with Crippen molar-refractivity contribution in [3.8, 4) is 0 Å². The molecule has 1 amide bonds. The normalized spacial score (nSPS) is 27.1. The molecule has 0 aromatic carbocycles. The molecule has 2 heterocycles. The molecule has 0 aromatic rings. The molecule has 2 rings (SSSR count). The second kappa shape index (κ2) is 7.10. The summed E-state index contributed by atoms with van der Waals surface area (Å²) in [7, 11) is 0. The van der Waals surface area contributed by atoms with Crippen molar-refractivity contribution >= 4 is 5.91 Å². The molecule has 0 bridgehead atoms. The van der Waals surface area contributed by atoms with Gasteiger partial charge in [0.05, 0.1) is 6.04 Å². The maximum atomic E-state index is 12.0. The predicted molar refractivity (Wildman–Crippen MR) is 73.5 cm³/mol. The van der Waals surface area contributed by atoms with Crippen LogP contribution in [0.15, 0.2) is 0 Å². The molecule has 0 radical (unpaired) electrons. The average Bonchev–Trinajstić information content (AvgIpc) is 2.46. The number of nitrogens with one attached hydrogen (secondary N) is 2. The van der Waals surface area contributed by atoms with Gasteiger partial charge < -0.3 is 15.5 Å². The molecule has 2 aliphatic heterocycles. The van der Waals surface area contributed by atoms with Gasteiger partial charge in [-0.05, 0) is 57.8 Å².